The normalized spacial score (nSPS) is 13.6. The van der Waals surface area contributed by atoms with E-state index in [-0.39, 0.29) is 12.2 Å². The first kappa shape index (κ1) is 6.63. The van der Waals surface area contributed by atoms with Gasteiger partial charge in [0.2, 0.25) is 0 Å². The number of aliphatic hydroxyl groups excluding tert-OH is 1. The molecule has 0 heterocycles. The number of Topliss-reactive ketones (excluding diaryl/α,β-unsaturated/α-hetero) is 1. The van der Waals surface area contributed by atoms with Crippen LogP contribution < -0.4 is 0 Å². The minimum Gasteiger partial charge on any atom is -0.385 e. The van der Waals surface area contributed by atoms with Crippen molar-refractivity contribution in [3.05, 3.63) is 6.92 Å². The predicted molar refractivity (Wildman–Crippen MR) is 26.7 cm³/mol. The van der Waals surface area contributed by atoms with Gasteiger partial charge in [0.05, 0.1) is 0 Å². The number of rotatable bonds is 2. The fourth-order valence-electron chi connectivity index (χ4n) is 0.203. The number of hydrogen-bond acceptors (Lipinski definition) is 2. The van der Waals surface area contributed by atoms with Gasteiger partial charge in [0.25, 0.3) is 0 Å². The Hall–Kier alpha value is -0.370. The van der Waals surface area contributed by atoms with Gasteiger partial charge in [-0.2, -0.15) is 0 Å². The molecule has 0 fully saturated rings. The molecule has 0 aliphatic heterocycles. The molecular weight excluding hydrogens is 92.1 g/mol. The van der Waals surface area contributed by atoms with Crippen LogP contribution in [0.4, 0.5) is 0 Å². The van der Waals surface area contributed by atoms with Crippen LogP contribution in [0.2, 0.25) is 0 Å². The molecule has 41 valence electrons. The molecule has 0 saturated heterocycles. The molecule has 1 atom stereocenters. The molecule has 0 bridgehead atoms. The third-order valence-electron chi connectivity index (χ3n) is 0.743. The molecule has 0 aromatic carbocycles. The van der Waals surface area contributed by atoms with E-state index in [1.807, 2.05) is 0 Å². The Bertz CT molecular complexity index is 68.5. The van der Waals surface area contributed by atoms with Crippen molar-refractivity contribution in [1.29, 1.82) is 0 Å². The number of ketones is 1. The summed E-state index contributed by atoms with van der Waals surface area (Å²) < 4.78 is 0. The van der Waals surface area contributed by atoms with E-state index < -0.39 is 6.10 Å². The zero-order valence-electron chi connectivity index (χ0n) is 4.35. The first-order chi connectivity index (χ1) is 3.18. The predicted octanol–water partition coefficient (Wildman–Crippen LogP) is 0.160. The van der Waals surface area contributed by atoms with Crippen molar-refractivity contribution in [2.75, 3.05) is 0 Å². The molecule has 1 N–H and O–H groups in total. The van der Waals surface area contributed by atoms with Crippen molar-refractivity contribution in [3.8, 4) is 0 Å². The SMILES string of the molecule is [CH2]CC(O)C(C)=O. The van der Waals surface area contributed by atoms with Gasteiger partial charge < -0.3 is 5.11 Å². The molecule has 1 radical (unpaired) electrons. The Morgan fingerprint density at radius 1 is 2.00 bits per heavy atom. The van der Waals surface area contributed by atoms with E-state index in [1.54, 1.807) is 0 Å². The van der Waals surface area contributed by atoms with Crippen LogP contribution in [-0.2, 0) is 4.79 Å². The maximum Gasteiger partial charge on any atom is 0.158 e. The molecule has 0 saturated carbocycles. The molecule has 0 aliphatic rings. The van der Waals surface area contributed by atoms with Gasteiger partial charge in [-0.15, -0.1) is 0 Å². The Morgan fingerprint density at radius 3 is 2.43 bits per heavy atom. The number of aliphatic hydroxyl groups is 1. The lowest BCUT2D eigenvalue weighted by Gasteiger charge is -1.97. The van der Waals surface area contributed by atoms with Crippen LogP contribution in [-0.4, -0.2) is 17.0 Å². The highest BCUT2D eigenvalue weighted by Crippen LogP contribution is 1.87. The molecule has 0 aromatic heterocycles. The highest BCUT2D eigenvalue weighted by Gasteiger charge is 2.03. The molecule has 0 aromatic rings. The van der Waals surface area contributed by atoms with E-state index >= 15 is 0 Å². The first-order valence-electron chi connectivity index (χ1n) is 2.16. The zero-order valence-corrected chi connectivity index (χ0v) is 4.35. The third kappa shape index (κ3) is 2.34. The van der Waals surface area contributed by atoms with Gasteiger partial charge in [0, 0.05) is 0 Å². The van der Waals surface area contributed by atoms with Crippen LogP contribution in [0, 0.1) is 6.92 Å². The second kappa shape index (κ2) is 2.75. The topological polar surface area (TPSA) is 37.3 Å². The molecule has 2 nitrogen and oxygen atoms in total. The Labute approximate surface area is 43.2 Å². The first-order valence-corrected chi connectivity index (χ1v) is 2.16. The van der Waals surface area contributed by atoms with Gasteiger partial charge in [0.15, 0.2) is 5.78 Å². The van der Waals surface area contributed by atoms with Crippen LogP contribution in [0.25, 0.3) is 0 Å². The van der Waals surface area contributed by atoms with Crippen LogP contribution in [0.3, 0.4) is 0 Å². The van der Waals surface area contributed by atoms with E-state index in [4.69, 9.17) is 5.11 Å². The zero-order chi connectivity index (χ0) is 5.86. The van der Waals surface area contributed by atoms with Crippen LogP contribution in [0.15, 0.2) is 0 Å². The van der Waals surface area contributed by atoms with Gasteiger partial charge >= 0.3 is 0 Å². The number of hydrogen-bond donors (Lipinski definition) is 1. The quantitative estimate of drug-likeness (QED) is 0.538. The van der Waals surface area contributed by atoms with E-state index in [0.29, 0.717) is 0 Å². The summed E-state index contributed by atoms with van der Waals surface area (Å²) >= 11 is 0. The summed E-state index contributed by atoms with van der Waals surface area (Å²) in [6.07, 6.45) is -0.574. The van der Waals surface area contributed by atoms with Crippen molar-refractivity contribution in [3.63, 3.8) is 0 Å². The summed E-state index contributed by atoms with van der Waals surface area (Å²) in [5.74, 6) is -0.213. The molecule has 0 aliphatic carbocycles. The van der Waals surface area contributed by atoms with Crippen molar-refractivity contribution in [2.24, 2.45) is 0 Å². The summed E-state index contributed by atoms with van der Waals surface area (Å²) in [5, 5.41) is 8.52. The fourth-order valence-corrected chi connectivity index (χ4v) is 0.203. The Kier molecular flexibility index (Phi) is 2.60. The molecule has 0 rings (SSSR count). The average molecular weight is 101 g/mol. The number of carbonyl (C=O) groups is 1. The summed E-state index contributed by atoms with van der Waals surface area (Å²) in [6, 6.07) is 0. The van der Waals surface area contributed by atoms with Gasteiger partial charge in [0.1, 0.15) is 6.10 Å². The Morgan fingerprint density at radius 2 is 2.43 bits per heavy atom. The van der Waals surface area contributed by atoms with Gasteiger partial charge in [-0.05, 0) is 13.3 Å². The summed E-state index contributed by atoms with van der Waals surface area (Å²) in [5.41, 5.74) is 0. The van der Waals surface area contributed by atoms with E-state index in [9.17, 15) is 4.79 Å². The summed E-state index contributed by atoms with van der Waals surface area (Å²) in [7, 11) is 0. The molecular formula is C5H9O2. The standard InChI is InChI=1S/C5H9O2/c1-3-5(7)4(2)6/h5,7H,1,3H2,2H3. The molecule has 0 amide bonds. The minimum absolute atomic E-state index is 0.213. The van der Waals surface area contributed by atoms with Crippen molar-refractivity contribution in [2.45, 2.75) is 19.4 Å². The maximum absolute atomic E-state index is 10.1. The molecule has 1 unspecified atom stereocenters. The van der Waals surface area contributed by atoms with Crippen molar-refractivity contribution in [1.82, 2.24) is 0 Å². The lowest BCUT2D eigenvalue weighted by atomic mass is 10.2. The highest BCUT2D eigenvalue weighted by molar-refractivity contribution is 5.80. The molecule has 2 heteroatoms. The van der Waals surface area contributed by atoms with Crippen LogP contribution in [0.5, 0.6) is 0 Å². The lowest BCUT2D eigenvalue weighted by molar-refractivity contribution is -0.124. The highest BCUT2D eigenvalue weighted by atomic mass is 16.3. The maximum atomic E-state index is 10.1. The Balaban J connectivity index is 3.34. The van der Waals surface area contributed by atoms with Gasteiger partial charge in [-0.25, -0.2) is 0 Å². The largest absolute Gasteiger partial charge is 0.385 e. The monoisotopic (exact) mass is 101 g/mol. The van der Waals surface area contributed by atoms with E-state index in [1.165, 1.54) is 6.92 Å². The van der Waals surface area contributed by atoms with Crippen molar-refractivity contribution >= 4 is 5.78 Å². The third-order valence-corrected chi connectivity index (χ3v) is 0.743. The van der Waals surface area contributed by atoms with Crippen molar-refractivity contribution < 1.29 is 9.90 Å². The smallest absolute Gasteiger partial charge is 0.158 e. The summed E-state index contributed by atoms with van der Waals surface area (Å²) in [4.78, 5) is 10.1. The van der Waals surface area contributed by atoms with Gasteiger partial charge in [-0.1, -0.05) is 6.92 Å². The fraction of sp³-hybridized carbons (Fsp3) is 0.600. The van der Waals surface area contributed by atoms with E-state index in [2.05, 4.69) is 6.92 Å². The second-order valence-electron chi connectivity index (χ2n) is 1.42. The van der Waals surface area contributed by atoms with Crippen LogP contribution >= 0.6 is 0 Å². The minimum atomic E-state index is -0.847. The lowest BCUT2D eigenvalue weighted by Crippen LogP contribution is -2.14. The summed E-state index contributed by atoms with van der Waals surface area (Å²) in [6.45, 7) is 4.68. The molecule has 0 spiro atoms. The molecule has 7 heavy (non-hydrogen) atoms. The number of carbonyl (C=O) groups excluding carboxylic acids is 1. The van der Waals surface area contributed by atoms with Crippen LogP contribution in [0.1, 0.15) is 13.3 Å². The second-order valence-corrected chi connectivity index (χ2v) is 1.42. The van der Waals surface area contributed by atoms with E-state index in [0.717, 1.165) is 0 Å². The van der Waals surface area contributed by atoms with Gasteiger partial charge in [-0.3, -0.25) is 4.79 Å². The average Bonchev–Trinajstić information content (AvgIpc) is 1.65.